The molecule has 2 aromatic rings. The van der Waals surface area contributed by atoms with Crippen molar-refractivity contribution in [2.24, 2.45) is 0 Å². The summed E-state index contributed by atoms with van der Waals surface area (Å²) in [6, 6.07) is 8.19. The summed E-state index contributed by atoms with van der Waals surface area (Å²) in [7, 11) is 0. The fourth-order valence-corrected chi connectivity index (χ4v) is 2.70. The first-order valence-corrected chi connectivity index (χ1v) is 7.05. The molecule has 104 valence electrons. The van der Waals surface area contributed by atoms with E-state index in [1.807, 2.05) is 23.7 Å². The van der Waals surface area contributed by atoms with E-state index in [0.717, 1.165) is 36.2 Å². The van der Waals surface area contributed by atoms with Gasteiger partial charge in [0.15, 0.2) is 5.69 Å². The van der Waals surface area contributed by atoms with Crippen molar-refractivity contribution in [3.63, 3.8) is 0 Å². The number of rotatable bonds is 3. The van der Waals surface area contributed by atoms with Gasteiger partial charge in [-0.3, -0.25) is 0 Å². The third-order valence-corrected chi connectivity index (χ3v) is 3.68. The highest BCUT2D eigenvalue weighted by Gasteiger charge is 2.27. The van der Waals surface area contributed by atoms with E-state index in [0.29, 0.717) is 12.3 Å². The second-order valence-corrected chi connectivity index (χ2v) is 5.10. The Morgan fingerprint density at radius 2 is 2.05 bits per heavy atom. The Balaban J connectivity index is 2.06. The highest BCUT2D eigenvalue weighted by Crippen LogP contribution is 2.28. The van der Waals surface area contributed by atoms with Gasteiger partial charge < -0.3 is 4.74 Å². The molecule has 0 saturated carbocycles. The first kappa shape index (κ1) is 12.9. The topological polar surface area (TPSA) is 44.1 Å². The van der Waals surface area contributed by atoms with Gasteiger partial charge in [0.25, 0.3) is 0 Å². The Hall–Kier alpha value is -2.10. The number of aromatic nitrogens is 2. The summed E-state index contributed by atoms with van der Waals surface area (Å²) in [4.78, 5) is 12.0. The minimum Gasteiger partial charge on any atom is -0.461 e. The first-order chi connectivity index (χ1) is 9.70. The Morgan fingerprint density at radius 3 is 2.75 bits per heavy atom. The summed E-state index contributed by atoms with van der Waals surface area (Å²) < 4.78 is 7.00. The van der Waals surface area contributed by atoms with Gasteiger partial charge in [-0.1, -0.05) is 17.7 Å². The SMILES string of the molecule is CCOC(=O)c1nn(-c2ccc(C)cc2)c2c1CCC2. The second-order valence-electron chi connectivity index (χ2n) is 5.10. The number of benzene rings is 1. The van der Waals surface area contributed by atoms with Gasteiger partial charge in [-0.15, -0.1) is 0 Å². The molecule has 1 aromatic carbocycles. The fraction of sp³-hybridized carbons (Fsp3) is 0.375. The van der Waals surface area contributed by atoms with Gasteiger partial charge >= 0.3 is 5.97 Å². The Morgan fingerprint density at radius 1 is 1.30 bits per heavy atom. The number of aryl methyl sites for hydroxylation is 1. The second kappa shape index (κ2) is 5.12. The van der Waals surface area contributed by atoms with Crippen LogP contribution in [0.2, 0.25) is 0 Å². The zero-order valence-electron chi connectivity index (χ0n) is 11.8. The van der Waals surface area contributed by atoms with E-state index >= 15 is 0 Å². The van der Waals surface area contributed by atoms with Gasteiger partial charge in [0, 0.05) is 11.3 Å². The van der Waals surface area contributed by atoms with Crippen LogP contribution in [0.4, 0.5) is 0 Å². The summed E-state index contributed by atoms with van der Waals surface area (Å²) in [5, 5.41) is 4.49. The number of fused-ring (bicyclic) bond motifs is 1. The minimum absolute atomic E-state index is 0.309. The van der Waals surface area contributed by atoms with E-state index in [-0.39, 0.29) is 5.97 Å². The summed E-state index contributed by atoms with van der Waals surface area (Å²) >= 11 is 0. The Kier molecular flexibility index (Phi) is 3.30. The van der Waals surface area contributed by atoms with E-state index in [1.54, 1.807) is 0 Å². The van der Waals surface area contributed by atoms with Crippen LogP contribution in [0.3, 0.4) is 0 Å². The smallest absolute Gasteiger partial charge is 0.359 e. The molecule has 0 bridgehead atoms. The van der Waals surface area contributed by atoms with Crippen molar-refractivity contribution in [1.82, 2.24) is 9.78 Å². The van der Waals surface area contributed by atoms with Gasteiger partial charge in [-0.25, -0.2) is 9.48 Å². The number of hydrogen-bond acceptors (Lipinski definition) is 3. The van der Waals surface area contributed by atoms with Gasteiger partial charge in [0.05, 0.1) is 12.3 Å². The third kappa shape index (κ3) is 2.11. The maximum atomic E-state index is 12.0. The first-order valence-electron chi connectivity index (χ1n) is 7.05. The zero-order valence-corrected chi connectivity index (χ0v) is 11.8. The van der Waals surface area contributed by atoms with Crippen LogP contribution in [-0.4, -0.2) is 22.4 Å². The standard InChI is InChI=1S/C16H18N2O2/c1-3-20-16(19)15-13-5-4-6-14(13)18(17-15)12-9-7-11(2)8-10-12/h7-10H,3-6H2,1-2H3. The quantitative estimate of drug-likeness (QED) is 0.806. The number of carbonyl (C=O) groups is 1. The lowest BCUT2D eigenvalue weighted by atomic mass is 10.2. The van der Waals surface area contributed by atoms with Crippen LogP contribution in [0.25, 0.3) is 5.69 Å². The predicted octanol–water partition coefficient (Wildman–Crippen LogP) is 2.85. The number of esters is 1. The molecular weight excluding hydrogens is 252 g/mol. The van der Waals surface area contributed by atoms with E-state index in [9.17, 15) is 4.79 Å². The Labute approximate surface area is 118 Å². The molecule has 0 fully saturated rings. The maximum Gasteiger partial charge on any atom is 0.359 e. The molecule has 0 amide bonds. The van der Waals surface area contributed by atoms with Crippen LogP contribution >= 0.6 is 0 Å². The van der Waals surface area contributed by atoms with E-state index < -0.39 is 0 Å². The van der Waals surface area contributed by atoms with Crippen LogP contribution < -0.4 is 0 Å². The molecular formula is C16H18N2O2. The monoisotopic (exact) mass is 270 g/mol. The molecule has 20 heavy (non-hydrogen) atoms. The predicted molar refractivity (Wildman–Crippen MR) is 76.3 cm³/mol. The zero-order chi connectivity index (χ0) is 14.1. The highest BCUT2D eigenvalue weighted by molar-refractivity contribution is 5.89. The molecule has 4 heteroatoms. The lowest BCUT2D eigenvalue weighted by Gasteiger charge is -2.05. The Bertz CT molecular complexity index is 641. The van der Waals surface area contributed by atoms with E-state index in [4.69, 9.17) is 4.74 Å². The van der Waals surface area contributed by atoms with Crippen molar-refractivity contribution in [2.45, 2.75) is 33.1 Å². The lowest BCUT2D eigenvalue weighted by molar-refractivity contribution is 0.0517. The number of nitrogens with zero attached hydrogens (tertiary/aromatic N) is 2. The molecule has 3 rings (SSSR count). The largest absolute Gasteiger partial charge is 0.461 e. The number of carbonyl (C=O) groups excluding carboxylic acids is 1. The molecule has 1 aliphatic carbocycles. The molecule has 1 aromatic heterocycles. The number of ether oxygens (including phenoxy) is 1. The van der Waals surface area contributed by atoms with Crippen molar-refractivity contribution < 1.29 is 9.53 Å². The molecule has 0 saturated heterocycles. The summed E-state index contributed by atoms with van der Waals surface area (Å²) in [5.41, 5.74) is 4.91. The van der Waals surface area contributed by atoms with Crippen LogP contribution in [-0.2, 0) is 17.6 Å². The van der Waals surface area contributed by atoms with Gasteiger partial charge in [0.2, 0.25) is 0 Å². The average molecular weight is 270 g/mol. The molecule has 0 aliphatic heterocycles. The third-order valence-electron chi connectivity index (χ3n) is 3.68. The maximum absolute atomic E-state index is 12.0. The van der Waals surface area contributed by atoms with Gasteiger partial charge in [-0.05, 0) is 45.2 Å². The molecule has 4 nitrogen and oxygen atoms in total. The summed E-state index contributed by atoms with van der Waals surface area (Å²) in [6.45, 7) is 4.25. The molecule has 0 radical (unpaired) electrons. The van der Waals surface area contributed by atoms with Crippen molar-refractivity contribution in [1.29, 1.82) is 0 Å². The summed E-state index contributed by atoms with van der Waals surface area (Å²) in [6.07, 6.45) is 2.95. The molecule has 1 aliphatic rings. The van der Waals surface area contributed by atoms with Crippen molar-refractivity contribution in [3.8, 4) is 5.69 Å². The van der Waals surface area contributed by atoms with E-state index in [2.05, 4.69) is 24.2 Å². The molecule has 0 spiro atoms. The van der Waals surface area contributed by atoms with Gasteiger partial charge in [0.1, 0.15) is 0 Å². The normalized spacial score (nSPS) is 13.3. The van der Waals surface area contributed by atoms with Crippen LogP contribution in [0.15, 0.2) is 24.3 Å². The van der Waals surface area contributed by atoms with Crippen LogP contribution in [0.5, 0.6) is 0 Å². The van der Waals surface area contributed by atoms with Crippen LogP contribution in [0.1, 0.15) is 40.7 Å². The van der Waals surface area contributed by atoms with Crippen molar-refractivity contribution in [3.05, 3.63) is 46.8 Å². The lowest BCUT2D eigenvalue weighted by Crippen LogP contribution is -2.09. The minimum atomic E-state index is -0.309. The van der Waals surface area contributed by atoms with Crippen molar-refractivity contribution >= 4 is 5.97 Å². The molecule has 1 heterocycles. The van der Waals surface area contributed by atoms with E-state index in [1.165, 1.54) is 5.56 Å². The number of hydrogen-bond donors (Lipinski definition) is 0. The van der Waals surface area contributed by atoms with Crippen molar-refractivity contribution in [2.75, 3.05) is 6.61 Å². The molecule has 0 unspecified atom stereocenters. The fourth-order valence-electron chi connectivity index (χ4n) is 2.70. The highest BCUT2D eigenvalue weighted by atomic mass is 16.5. The molecule has 0 N–H and O–H groups in total. The average Bonchev–Trinajstić information content (AvgIpc) is 3.01. The van der Waals surface area contributed by atoms with Gasteiger partial charge in [-0.2, -0.15) is 5.10 Å². The molecule has 0 atom stereocenters. The summed E-state index contributed by atoms with van der Waals surface area (Å²) in [5.74, 6) is -0.309. The van der Waals surface area contributed by atoms with Crippen LogP contribution in [0, 0.1) is 6.92 Å².